The number of fused-ring (bicyclic) bond motifs is 1. The summed E-state index contributed by atoms with van der Waals surface area (Å²) in [4.78, 5) is 29.0. The average molecular weight is 492 g/mol. The predicted molar refractivity (Wildman–Crippen MR) is 132 cm³/mol. The second-order valence-corrected chi connectivity index (χ2v) is 8.41. The molecule has 188 valence electrons. The Labute approximate surface area is 208 Å². The van der Waals surface area contributed by atoms with Crippen LogP contribution in [0, 0.1) is 0 Å². The van der Waals surface area contributed by atoms with Gasteiger partial charge in [0, 0.05) is 11.6 Å². The minimum absolute atomic E-state index is 0.0903. The van der Waals surface area contributed by atoms with E-state index < -0.39 is 6.04 Å². The van der Waals surface area contributed by atoms with Crippen molar-refractivity contribution < 1.29 is 23.5 Å². The fourth-order valence-corrected chi connectivity index (χ4v) is 4.20. The summed E-state index contributed by atoms with van der Waals surface area (Å²) >= 11 is 0. The van der Waals surface area contributed by atoms with Gasteiger partial charge in [-0.3, -0.25) is 9.59 Å². The molecule has 2 amide bonds. The maximum atomic E-state index is 13.8. The maximum Gasteiger partial charge on any atom is 0.247 e. The number of nitrogens with zero attached hydrogens (tertiary/aromatic N) is 4. The van der Waals surface area contributed by atoms with E-state index in [-0.39, 0.29) is 30.9 Å². The predicted octanol–water partition coefficient (Wildman–Crippen LogP) is 3.34. The van der Waals surface area contributed by atoms with E-state index >= 15 is 0 Å². The Balaban J connectivity index is 1.73. The monoisotopic (exact) mass is 491 g/mol. The normalized spacial score (nSPS) is 11.9. The van der Waals surface area contributed by atoms with Crippen molar-refractivity contribution in [1.82, 2.24) is 25.2 Å². The molecule has 2 aromatic heterocycles. The zero-order valence-corrected chi connectivity index (χ0v) is 20.7. The van der Waals surface area contributed by atoms with E-state index in [0.29, 0.717) is 28.3 Å². The van der Waals surface area contributed by atoms with Crippen LogP contribution in [-0.2, 0) is 22.7 Å². The minimum atomic E-state index is -1.01. The number of hydrogen-bond donors (Lipinski definition) is 1. The number of rotatable bonds is 10. The highest BCUT2D eigenvalue weighted by Gasteiger charge is 2.36. The topological polar surface area (TPSA) is 112 Å². The summed E-state index contributed by atoms with van der Waals surface area (Å²) in [6.45, 7) is 3.79. The molecule has 10 nitrogen and oxygen atoms in total. The number of carbonyl (C=O) groups excluding carboxylic acids is 2. The third-order valence-corrected chi connectivity index (χ3v) is 5.82. The quantitative estimate of drug-likeness (QED) is 0.362. The molecular formula is C26H29N5O5. The highest BCUT2D eigenvalue weighted by Crippen LogP contribution is 2.38. The second kappa shape index (κ2) is 10.9. The number of nitrogens with one attached hydrogen (secondary N) is 1. The molecule has 0 saturated carbocycles. The number of carbonyl (C=O) groups is 2. The van der Waals surface area contributed by atoms with E-state index in [1.54, 1.807) is 30.3 Å². The van der Waals surface area contributed by atoms with Crippen LogP contribution in [0.4, 0.5) is 0 Å². The molecule has 36 heavy (non-hydrogen) atoms. The van der Waals surface area contributed by atoms with Gasteiger partial charge in [0.25, 0.3) is 0 Å². The van der Waals surface area contributed by atoms with Crippen LogP contribution >= 0.6 is 0 Å². The molecule has 0 fully saturated rings. The smallest absolute Gasteiger partial charge is 0.247 e. The van der Waals surface area contributed by atoms with E-state index in [1.165, 1.54) is 30.1 Å². The first-order chi connectivity index (χ1) is 17.4. The van der Waals surface area contributed by atoms with Crippen molar-refractivity contribution in [2.75, 3.05) is 14.2 Å². The van der Waals surface area contributed by atoms with Crippen molar-refractivity contribution in [1.29, 1.82) is 0 Å². The number of para-hydroxylation sites is 2. The Kier molecular flexibility index (Phi) is 7.53. The van der Waals surface area contributed by atoms with Gasteiger partial charge in [0.2, 0.25) is 11.8 Å². The van der Waals surface area contributed by atoms with Crippen LogP contribution in [0.5, 0.6) is 11.5 Å². The molecule has 0 bridgehead atoms. The number of ether oxygens (including phenoxy) is 2. The van der Waals surface area contributed by atoms with E-state index in [2.05, 4.69) is 15.6 Å². The number of amides is 2. The average Bonchev–Trinajstić information content (AvgIpc) is 3.55. The second-order valence-electron chi connectivity index (χ2n) is 8.41. The Bertz CT molecular complexity index is 1330. The van der Waals surface area contributed by atoms with Crippen LogP contribution in [0.25, 0.3) is 11.0 Å². The molecule has 4 rings (SSSR count). The van der Waals surface area contributed by atoms with Crippen LogP contribution in [0.15, 0.2) is 65.3 Å². The van der Waals surface area contributed by atoms with E-state index in [1.807, 2.05) is 38.1 Å². The lowest BCUT2D eigenvalue weighted by molar-refractivity contribution is -0.143. The van der Waals surface area contributed by atoms with Crippen LogP contribution < -0.4 is 14.8 Å². The van der Waals surface area contributed by atoms with E-state index in [4.69, 9.17) is 13.9 Å². The molecule has 4 aromatic rings. The van der Waals surface area contributed by atoms with Crippen LogP contribution in [0.2, 0.25) is 0 Å². The molecule has 0 radical (unpaired) electrons. The van der Waals surface area contributed by atoms with Crippen LogP contribution in [0.3, 0.4) is 0 Å². The molecule has 0 unspecified atom stereocenters. The van der Waals surface area contributed by atoms with Gasteiger partial charge in [-0.1, -0.05) is 29.5 Å². The first-order valence-corrected chi connectivity index (χ1v) is 11.5. The third kappa shape index (κ3) is 5.02. The van der Waals surface area contributed by atoms with Gasteiger partial charge in [-0.05, 0) is 44.2 Å². The van der Waals surface area contributed by atoms with Crippen molar-refractivity contribution in [2.45, 2.75) is 39.0 Å². The number of benzene rings is 2. The molecule has 2 heterocycles. The molecule has 0 aliphatic rings. The lowest BCUT2D eigenvalue weighted by Gasteiger charge is -2.35. The minimum Gasteiger partial charge on any atom is -0.493 e. The molecule has 10 heteroatoms. The Hall–Kier alpha value is -4.34. The zero-order chi connectivity index (χ0) is 25.7. The van der Waals surface area contributed by atoms with Crippen molar-refractivity contribution in [2.24, 2.45) is 0 Å². The summed E-state index contributed by atoms with van der Waals surface area (Å²) in [5, 5.41) is 11.2. The highest BCUT2D eigenvalue weighted by molar-refractivity contribution is 5.90. The van der Waals surface area contributed by atoms with Crippen LogP contribution in [-0.4, -0.2) is 52.0 Å². The van der Waals surface area contributed by atoms with Crippen molar-refractivity contribution >= 4 is 22.8 Å². The molecule has 2 aromatic carbocycles. The van der Waals surface area contributed by atoms with Gasteiger partial charge in [0.05, 0.1) is 32.5 Å². The SMILES string of the molecule is COc1cccc([C@H](C(=O)NCc2ccco2)N(C(=O)Cn2nnc3ccccc32)C(C)C)c1OC. The summed E-state index contributed by atoms with van der Waals surface area (Å²) in [6.07, 6.45) is 1.54. The summed E-state index contributed by atoms with van der Waals surface area (Å²) in [7, 11) is 3.02. The van der Waals surface area contributed by atoms with Gasteiger partial charge in [-0.2, -0.15) is 0 Å². The molecule has 1 atom stereocenters. The number of furan rings is 1. The van der Waals surface area contributed by atoms with Gasteiger partial charge in [-0.15, -0.1) is 5.10 Å². The van der Waals surface area contributed by atoms with Gasteiger partial charge >= 0.3 is 0 Å². The largest absolute Gasteiger partial charge is 0.493 e. The third-order valence-electron chi connectivity index (χ3n) is 5.82. The standard InChI is InChI=1S/C26H29N5O5/c1-17(2)31(23(32)16-30-21-12-6-5-11-20(21)28-29-30)24(26(33)27-15-18-9-8-14-36-18)19-10-7-13-22(34-3)25(19)35-4/h5-14,17,24H,15-16H2,1-4H3,(H,27,33)/t24-/m1/s1. The van der Waals surface area contributed by atoms with Crippen molar-refractivity contribution in [3.8, 4) is 11.5 Å². The molecule has 1 N–H and O–H groups in total. The van der Waals surface area contributed by atoms with Crippen LogP contribution in [0.1, 0.15) is 31.2 Å². The Morgan fingerprint density at radius 2 is 1.86 bits per heavy atom. The van der Waals surface area contributed by atoms with Gasteiger partial charge in [-0.25, -0.2) is 4.68 Å². The first kappa shape index (κ1) is 24.8. The zero-order valence-electron chi connectivity index (χ0n) is 20.7. The lowest BCUT2D eigenvalue weighted by Crippen LogP contribution is -2.48. The number of aromatic nitrogens is 3. The number of hydrogen-bond acceptors (Lipinski definition) is 7. The molecule has 0 aliphatic carbocycles. The molecule has 0 aliphatic heterocycles. The molecular weight excluding hydrogens is 462 g/mol. The Morgan fingerprint density at radius 1 is 1.06 bits per heavy atom. The summed E-state index contributed by atoms with van der Waals surface area (Å²) < 4.78 is 18.0. The van der Waals surface area contributed by atoms with E-state index in [9.17, 15) is 9.59 Å². The van der Waals surface area contributed by atoms with Gasteiger partial charge < -0.3 is 24.1 Å². The lowest BCUT2D eigenvalue weighted by atomic mass is 10.0. The fraction of sp³-hybridized carbons (Fsp3) is 0.308. The molecule has 0 saturated heterocycles. The number of methoxy groups -OCH3 is 2. The first-order valence-electron chi connectivity index (χ1n) is 11.5. The summed E-state index contributed by atoms with van der Waals surface area (Å²) in [6, 6.07) is 14.8. The van der Waals surface area contributed by atoms with Crippen molar-refractivity contribution in [3.05, 3.63) is 72.2 Å². The summed E-state index contributed by atoms with van der Waals surface area (Å²) in [5.74, 6) is 0.739. The maximum absolute atomic E-state index is 13.8. The van der Waals surface area contributed by atoms with Gasteiger partial charge in [0.1, 0.15) is 23.9 Å². The fourth-order valence-electron chi connectivity index (χ4n) is 4.20. The van der Waals surface area contributed by atoms with Crippen molar-refractivity contribution in [3.63, 3.8) is 0 Å². The Morgan fingerprint density at radius 3 is 2.56 bits per heavy atom. The van der Waals surface area contributed by atoms with Gasteiger partial charge in [0.15, 0.2) is 11.5 Å². The molecule has 0 spiro atoms. The highest BCUT2D eigenvalue weighted by atomic mass is 16.5. The van der Waals surface area contributed by atoms with E-state index in [0.717, 1.165) is 5.52 Å². The summed E-state index contributed by atoms with van der Waals surface area (Å²) in [5.41, 5.74) is 1.91.